The van der Waals surface area contributed by atoms with Crippen molar-refractivity contribution in [2.24, 2.45) is 11.8 Å². The molecule has 0 aliphatic heterocycles. The van der Waals surface area contributed by atoms with Gasteiger partial charge < -0.3 is 14.7 Å². The monoisotopic (exact) mass is 241 g/mol. The largest absolute Gasteiger partial charge is 0.469 e. The Hall–Kier alpha value is -1.69. The normalized spacial score (nSPS) is 27.3. The molecule has 0 bridgehead atoms. The zero-order valence-electron chi connectivity index (χ0n) is 9.91. The maximum atomic E-state index is 11.9. The lowest BCUT2D eigenvalue weighted by Crippen LogP contribution is -2.40. The summed E-state index contributed by atoms with van der Waals surface area (Å²) in [6.45, 7) is 0. The summed E-state index contributed by atoms with van der Waals surface area (Å²) in [6, 6.07) is 0. The van der Waals surface area contributed by atoms with E-state index in [4.69, 9.17) is 0 Å². The molecule has 3 atom stereocenters. The lowest BCUT2D eigenvalue weighted by Gasteiger charge is -2.23. The van der Waals surface area contributed by atoms with E-state index in [9.17, 15) is 19.5 Å². The number of hydrogen-bond acceptors (Lipinski definition) is 5. The van der Waals surface area contributed by atoms with Gasteiger partial charge in [-0.05, 0) is 6.08 Å². The minimum absolute atomic E-state index is 0.117. The number of amides is 1. The van der Waals surface area contributed by atoms with Crippen molar-refractivity contribution < 1.29 is 24.2 Å². The Morgan fingerprint density at radius 2 is 2.06 bits per heavy atom. The van der Waals surface area contributed by atoms with Gasteiger partial charge in [0.15, 0.2) is 0 Å². The van der Waals surface area contributed by atoms with Crippen LogP contribution in [0, 0.1) is 11.8 Å². The van der Waals surface area contributed by atoms with Crippen LogP contribution in [-0.2, 0) is 19.1 Å². The minimum atomic E-state index is -1.17. The van der Waals surface area contributed by atoms with Crippen molar-refractivity contribution >= 4 is 18.2 Å². The fourth-order valence-corrected chi connectivity index (χ4v) is 1.91. The van der Waals surface area contributed by atoms with Gasteiger partial charge in [0.1, 0.15) is 12.2 Å². The molecule has 0 fully saturated rings. The van der Waals surface area contributed by atoms with E-state index in [0.717, 1.165) is 0 Å². The summed E-state index contributed by atoms with van der Waals surface area (Å²) in [6.07, 6.45) is 0.537. The third-order valence-electron chi connectivity index (χ3n) is 2.77. The van der Waals surface area contributed by atoms with Crippen molar-refractivity contribution in [3.05, 3.63) is 11.6 Å². The molecule has 0 spiro atoms. The predicted octanol–water partition coefficient (Wildman–Crippen LogP) is -1.02. The molecule has 6 heteroatoms. The average molecular weight is 241 g/mol. The van der Waals surface area contributed by atoms with E-state index in [1.807, 2.05) is 0 Å². The molecule has 0 heterocycles. The van der Waals surface area contributed by atoms with Crippen LogP contribution in [-0.4, -0.2) is 55.5 Å². The number of hydrogen-bond donors (Lipinski definition) is 1. The SMILES string of the molecule is COC(=O)[C@H]1[C@@H](C(=O)N(C)C)C(C=O)=C[C@H]1O. The van der Waals surface area contributed by atoms with Gasteiger partial charge in [-0.1, -0.05) is 0 Å². The molecule has 0 saturated carbocycles. The van der Waals surface area contributed by atoms with Crippen LogP contribution in [0.5, 0.6) is 0 Å². The number of aliphatic hydroxyl groups excluding tert-OH is 1. The number of aldehydes is 1. The van der Waals surface area contributed by atoms with Crippen molar-refractivity contribution in [3.8, 4) is 0 Å². The number of carbonyl (C=O) groups excluding carboxylic acids is 3. The fraction of sp³-hybridized carbons (Fsp3) is 0.545. The molecule has 6 nitrogen and oxygen atoms in total. The van der Waals surface area contributed by atoms with Gasteiger partial charge in [0.05, 0.1) is 19.1 Å². The first-order chi connectivity index (χ1) is 7.93. The van der Waals surface area contributed by atoms with Gasteiger partial charge in [0, 0.05) is 19.7 Å². The summed E-state index contributed by atoms with van der Waals surface area (Å²) in [5.74, 6) is -3.12. The van der Waals surface area contributed by atoms with Crippen LogP contribution >= 0.6 is 0 Å². The van der Waals surface area contributed by atoms with E-state index in [0.29, 0.717) is 6.29 Å². The van der Waals surface area contributed by atoms with Gasteiger partial charge in [-0.2, -0.15) is 0 Å². The Kier molecular flexibility index (Phi) is 4.01. The maximum Gasteiger partial charge on any atom is 0.312 e. The average Bonchev–Trinajstić information content (AvgIpc) is 2.63. The third-order valence-corrected chi connectivity index (χ3v) is 2.77. The highest BCUT2D eigenvalue weighted by Crippen LogP contribution is 2.33. The Labute approximate surface area is 98.8 Å². The number of methoxy groups -OCH3 is 1. The lowest BCUT2D eigenvalue weighted by atomic mass is 9.89. The molecule has 1 aliphatic carbocycles. The van der Waals surface area contributed by atoms with E-state index in [2.05, 4.69) is 4.74 Å². The Morgan fingerprint density at radius 3 is 2.47 bits per heavy atom. The molecule has 17 heavy (non-hydrogen) atoms. The predicted molar refractivity (Wildman–Crippen MR) is 57.8 cm³/mol. The van der Waals surface area contributed by atoms with E-state index < -0.39 is 29.8 Å². The number of ether oxygens (including phenoxy) is 1. The van der Waals surface area contributed by atoms with Crippen molar-refractivity contribution in [2.75, 3.05) is 21.2 Å². The standard InChI is InChI=1S/C11H15NO5/c1-12(2)10(15)8-6(5-13)4-7(14)9(8)11(16)17-3/h4-5,7-9,14H,1-3H3/t7-,8+,9-/m1/s1. The van der Waals surface area contributed by atoms with Crippen LogP contribution in [0.15, 0.2) is 11.6 Å². The first kappa shape index (κ1) is 13.4. The lowest BCUT2D eigenvalue weighted by molar-refractivity contribution is -0.153. The highest BCUT2D eigenvalue weighted by atomic mass is 16.5. The van der Waals surface area contributed by atoms with Gasteiger partial charge in [-0.25, -0.2) is 0 Å². The van der Waals surface area contributed by atoms with Crippen LogP contribution < -0.4 is 0 Å². The molecule has 1 aliphatic rings. The molecule has 0 radical (unpaired) electrons. The van der Waals surface area contributed by atoms with E-state index in [-0.39, 0.29) is 5.57 Å². The van der Waals surface area contributed by atoms with Crippen molar-refractivity contribution in [1.82, 2.24) is 4.90 Å². The second-order valence-corrected chi connectivity index (χ2v) is 4.03. The van der Waals surface area contributed by atoms with Gasteiger partial charge in [0.25, 0.3) is 0 Å². The summed E-state index contributed by atoms with van der Waals surface area (Å²) >= 11 is 0. The summed E-state index contributed by atoms with van der Waals surface area (Å²) < 4.78 is 4.54. The zero-order valence-corrected chi connectivity index (χ0v) is 9.91. The second kappa shape index (κ2) is 5.09. The highest BCUT2D eigenvalue weighted by Gasteiger charge is 2.46. The Balaban J connectivity index is 3.09. The van der Waals surface area contributed by atoms with E-state index >= 15 is 0 Å². The Morgan fingerprint density at radius 1 is 1.47 bits per heavy atom. The highest BCUT2D eigenvalue weighted by molar-refractivity contribution is 5.95. The second-order valence-electron chi connectivity index (χ2n) is 4.03. The molecule has 1 amide bonds. The van der Waals surface area contributed by atoms with E-state index in [1.54, 1.807) is 0 Å². The Bertz CT molecular complexity index is 374. The molecule has 94 valence electrons. The first-order valence-corrected chi connectivity index (χ1v) is 5.08. The number of aliphatic hydroxyl groups is 1. The first-order valence-electron chi connectivity index (χ1n) is 5.08. The molecule has 0 unspecified atom stereocenters. The summed E-state index contributed by atoms with van der Waals surface area (Å²) in [5, 5.41) is 9.69. The molecule has 0 aromatic heterocycles. The summed E-state index contributed by atoms with van der Waals surface area (Å²) in [4.78, 5) is 35.5. The van der Waals surface area contributed by atoms with Crippen molar-refractivity contribution in [1.29, 1.82) is 0 Å². The smallest absolute Gasteiger partial charge is 0.312 e. The van der Waals surface area contributed by atoms with Crippen LogP contribution in [0.3, 0.4) is 0 Å². The van der Waals surface area contributed by atoms with Gasteiger partial charge in [0.2, 0.25) is 5.91 Å². The van der Waals surface area contributed by atoms with Gasteiger partial charge >= 0.3 is 5.97 Å². The van der Waals surface area contributed by atoms with Crippen molar-refractivity contribution in [3.63, 3.8) is 0 Å². The van der Waals surface area contributed by atoms with Crippen LogP contribution in [0.2, 0.25) is 0 Å². The van der Waals surface area contributed by atoms with Crippen LogP contribution in [0.1, 0.15) is 0 Å². The zero-order chi connectivity index (χ0) is 13.2. The molecule has 1 N–H and O–H groups in total. The summed E-state index contributed by atoms with van der Waals surface area (Å²) in [7, 11) is 4.21. The fourth-order valence-electron chi connectivity index (χ4n) is 1.91. The number of carbonyl (C=O) groups is 3. The molecule has 0 aromatic carbocycles. The molecule has 0 saturated heterocycles. The van der Waals surface area contributed by atoms with E-state index in [1.165, 1.54) is 32.2 Å². The number of esters is 1. The molecule has 0 aromatic rings. The van der Waals surface area contributed by atoms with Crippen LogP contribution in [0.25, 0.3) is 0 Å². The maximum absolute atomic E-state index is 11.9. The number of nitrogens with zero attached hydrogens (tertiary/aromatic N) is 1. The topological polar surface area (TPSA) is 83.9 Å². The van der Waals surface area contributed by atoms with Gasteiger partial charge in [-0.3, -0.25) is 14.4 Å². The minimum Gasteiger partial charge on any atom is -0.469 e. The molecular formula is C11H15NO5. The third kappa shape index (κ3) is 2.36. The molecule has 1 rings (SSSR count). The van der Waals surface area contributed by atoms with Crippen LogP contribution in [0.4, 0.5) is 0 Å². The quantitative estimate of drug-likeness (QED) is 0.505. The van der Waals surface area contributed by atoms with Gasteiger partial charge in [-0.15, -0.1) is 0 Å². The molecular weight excluding hydrogens is 226 g/mol. The summed E-state index contributed by atoms with van der Waals surface area (Å²) in [5.41, 5.74) is 0.117. The number of rotatable bonds is 3. The van der Waals surface area contributed by atoms with Crippen molar-refractivity contribution in [2.45, 2.75) is 6.10 Å².